The van der Waals surface area contributed by atoms with Crippen LogP contribution in [0.1, 0.15) is 28.8 Å². The number of urea groups is 1. The number of nitrogens with two attached hydrogens (primary N) is 1. The van der Waals surface area contributed by atoms with Crippen molar-refractivity contribution in [1.29, 1.82) is 0 Å². The summed E-state index contributed by atoms with van der Waals surface area (Å²) < 4.78 is 0. The summed E-state index contributed by atoms with van der Waals surface area (Å²) in [5, 5.41) is 7.94. The summed E-state index contributed by atoms with van der Waals surface area (Å²) >= 11 is 0. The summed E-state index contributed by atoms with van der Waals surface area (Å²) in [5.41, 5.74) is 6.80. The molecule has 0 saturated carbocycles. The highest BCUT2D eigenvalue weighted by atomic mass is 16.2. The van der Waals surface area contributed by atoms with E-state index in [1.54, 1.807) is 19.1 Å². The third-order valence-corrected chi connectivity index (χ3v) is 3.36. The Morgan fingerprint density at radius 1 is 1.38 bits per heavy atom. The minimum Gasteiger partial charge on any atom is -0.366 e. The van der Waals surface area contributed by atoms with Gasteiger partial charge in [0, 0.05) is 17.8 Å². The maximum absolute atomic E-state index is 11.9. The van der Waals surface area contributed by atoms with E-state index in [-0.39, 0.29) is 5.91 Å². The van der Waals surface area contributed by atoms with Gasteiger partial charge in [-0.15, -0.1) is 0 Å². The van der Waals surface area contributed by atoms with Crippen molar-refractivity contribution in [2.75, 3.05) is 11.9 Å². The lowest BCUT2D eigenvalue weighted by molar-refractivity contribution is -0.124. The van der Waals surface area contributed by atoms with Gasteiger partial charge in [-0.2, -0.15) is 0 Å². The van der Waals surface area contributed by atoms with Gasteiger partial charge < -0.3 is 21.7 Å². The highest BCUT2D eigenvalue weighted by Gasteiger charge is 2.23. The van der Waals surface area contributed by atoms with Crippen molar-refractivity contribution in [3.8, 4) is 0 Å². The topological polar surface area (TPSA) is 113 Å². The van der Waals surface area contributed by atoms with Crippen LogP contribution in [0.3, 0.4) is 0 Å². The number of aryl methyl sites for hydroxylation is 1. The Morgan fingerprint density at radius 3 is 2.81 bits per heavy atom. The SMILES string of the molecule is Cc1ccc(C(N)=O)cc1NC(=O)N[C@H]1CCCNC1=O. The minimum atomic E-state index is -0.565. The fraction of sp³-hybridized carbons (Fsp3) is 0.357. The lowest BCUT2D eigenvalue weighted by Gasteiger charge is -2.23. The Labute approximate surface area is 122 Å². The molecule has 1 saturated heterocycles. The first-order valence-electron chi connectivity index (χ1n) is 6.73. The third-order valence-electron chi connectivity index (χ3n) is 3.36. The average molecular weight is 290 g/mol. The summed E-state index contributed by atoms with van der Waals surface area (Å²) in [4.78, 5) is 34.7. The van der Waals surface area contributed by atoms with E-state index in [4.69, 9.17) is 5.73 Å². The van der Waals surface area contributed by atoms with Crippen molar-refractivity contribution >= 4 is 23.5 Å². The van der Waals surface area contributed by atoms with Crippen LogP contribution >= 0.6 is 0 Å². The first-order chi connectivity index (χ1) is 9.97. The Kier molecular flexibility index (Phi) is 4.42. The third kappa shape index (κ3) is 3.71. The Hall–Kier alpha value is -2.57. The normalized spacial score (nSPS) is 17.8. The molecule has 0 aromatic heterocycles. The van der Waals surface area contributed by atoms with Gasteiger partial charge in [0.15, 0.2) is 0 Å². The molecule has 4 amide bonds. The molecule has 1 aliphatic rings. The standard InChI is InChI=1S/C14H18N4O3/c1-8-4-5-9(12(15)19)7-11(8)18-14(21)17-10-3-2-6-16-13(10)20/h4-5,7,10H,2-3,6H2,1H3,(H2,15,19)(H,16,20)(H2,17,18,21)/t10-/m0/s1. The van der Waals surface area contributed by atoms with Crippen LogP contribution < -0.4 is 21.7 Å². The lowest BCUT2D eigenvalue weighted by Crippen LogP contribution is -2.51. The smallest absolute Gasteiger partial charge is 0.319 e. The molecule has 0 unspecified atom stereocenters. The van der Waals surface area contributed by atoms with Gasteiger partial charge in [-0.3, -0.25) is 9.59 Å². The number of piperidine rings is 1. The van der Waals surface area contributed by atoms with Crippen molar-refractivity contribution in [1.82, 2.24) is 10.6 Å². The van der Waals surface area contributed by atoms with Gasteiger partial charge in [0.1, 0.15) is 6.04 Å². The highest BCUT2D eigenvalue weighted by Crippen LogP contribution is 2.16. The quantitative estimate of drug-likeness (QED) is 0.649. The van der Waals surface area contributed by atoms with Crippen molar-refractivity contribution in [2.45, 2.75) is 25.8 Å². The van der Waals surface area contributed by atoms with Crippen LogP contribution in [0.2, 0.25) is 0 Å². The van der Waals surface area contributed by atoms with Crippen molar-refractivity contribution in [2.24, 2.45) is 5.73 Å². The molecule has 7 nitrogen and oxygen atoms in total. The molecule has 2 rings (SSSR count). The predicted octanol–water partition coefficient (Wildman–Crippen LogP) is 0.494. The molecular weight excluding hydrogens is 272 g/mol. The first kappa shape index (κ1) is 14.8. The van der Waals surface area contributed by atoms with Gasteiger partial charge in [-0.1, -0.05) is 6.07 Å². The largest absolute Gasteiger partial charge is 0.366 e. The fourth-order valence-corrected chi connectivity index (χ4v) is 2.14. The van der Waals surface area contributed by atoms with Gasteiger partial charge in [0.25, 0.3) is 0 Å². The molecule has 1 aromatic rings. The number of hydrogen-bond donors (Lipinski definition) is 4. The zero-order valence-electron chi connectivity index (χ0n) is 11.7. The Bertz CT molecular complexity index is 586. The minimum absolute atomic E-state index is 0.181. The zero-order valence-corrected chi connectivity index (χ0v) is 11.7. The summed E-state index contributed by atoms with van der Waals surface area (Å²) in [5.74, 6) is -0.746. The number of hydrogen-bond acceptors (Lipinski definition) is 3. The number of carbonyl (C=O) groups is 3. The molecule has 5 N–H and O–H groups in total. The predicted molar refractivity (Wildman–Crippen MR) is 77.9 cm³/mol. The van der Waals surface area contributed by atoms with Crippen LogP contribution in [0.4, 0.5) is 10.5 Å². The van der Waals surface area contributed by atoms with E-state index < -0.39 is 18.0 Å². The van der Waals surface area contributed by atoms with E-state index in [1.165, 1.54) is 6.07 Å². The molecule has 112 valence electrons. The molecular formula is C14H18N4O3. The number of amides is 4. The van der Waals surface area contributed by atoms with Crippen LogP contribution in [0.25, 0.3) is 0 Å². The van der Waals surface area contributed by atoms with E-state index in [2.05, 4.69) is 16.0 Å². The van der Waals surface area contributed by atoms with Gasteiger partial charge in [0.05, 0.1) is 0 Å². The number of nitrogens with one attached hydrogen (secondary N) is 3. The number of anilines is 1. The second-order valence-corrected chi connectivity index (χ2v) is 4.98. The fourth-order valence-electron chi connectivity index (χ4n) is 2.14. The number of primary amides is 1. The molecule has 1 heterocycles. The van der Waals surface area contributed by atoms with Crippen LogP contribution in [0.5, 0.6) is 0 Å². The van der Waals surface area contributed by atoms with Crippen LogP contribution in [0, 0.1) is 6.92 Å². The van der Waals surface area contributed by atoms with E-state index in [0.29, 0.717) is 24.2 Å². The second kappa shape index (κ2) is 6.25. The summed E-state index contributed by atoms with van der Waals surface area (Å²) in [6.45, 7) is 2.44. The van der Waals surface area contributed by atoms with E-state index in [9.17, 15) is 14.4 Å². The maximum atomic E-state index is 11.9. The summed E-state index contributed by atoms with van der Waals surface area (Å²) in [7, 11) is 0. The zero-order chi connectivity index (χ0) is 15.4. The van der Waals surface area contributed by atoms with Gasteiger partial charge >= 0.3 is 6.03 Å². The summed E-state index contributed by atoms with van der Waals surface area (Å²) in [6.07, 6.45) is 1.44. The van der Waals surface area contributed by atoms with Crippen LogP contribution in [-0.2, 0) is 4.79 Å². The molecule has 0 spiro atoms. The summed E-state index contributed by atoms with van der Waals surface area (Å²) in [6, 6.07) is 3.79. The molecule has 1 fully saturated rings. The van der Waals surface area contributed by atoms with Crippen molar-refractivity contribution in [3.05, 3.63) is 29.3 Å². The molecule has 1 aliphatic heterocycles. The molecule has 1 atom stereocenters. The van der Waals surface area contributed by atoms with Crippen molar-refractivity contribution < 1.29 is 14.4 Å². The number of benzene rings is 1. The molecule has 0 radical (unpaired) electrons. The average Bonchev–Trinajstić information content (AvgIpc) is 2.43. The molecule has 0 aliphatic carbocycles. The molecule has 7 heteroatoms. The van der Waals surface area contributed by atoms with Gasteiger partial charge in [-0.05, 0) is 37.5 Å². The number of carbonyl (C=O) groups excluding carboxylic acids is 3. The van der Waals surface area contributed by atoms with E-state index >= 15 is 0 Å². The van der Waals surface area contributed by atoms with E-state index in [1.807, 2.05) is 0 Å². The van der Waals surface area contributed by atoms with Crippen LogP contribution in [-0.4, -0.2) is 30.4 Å². The highest BCUT2D eigenvalue weighted by molar-refractivity contribution is 5.97. The van der Waals surface area contributed by atoms with Gasteiger partial charge in [0.2, 0.25) is 11.8 Å². The van der Waals surface area contributed by atoms with Crippen molar-refractivity contribution in [3.63, 3.8) is 0 Å². The second-order valence-electron chi connectivity index (χ2n) is 4.98. The number of rotatable bonds is 3. The van der Waals surface area contributed by atoms with Gasteiger partial charge in [-0.25, -0.2) is 4.79 Å². The first-order valence-corrected chi connectivity index (χ1v) is 6.73. The maximum Gasteiger partial charge on any atom is 0.319 e. The molecule has 0 bridgehead atoms. The molecule has 21 heavy (non-hydrogen) atoms. The Morgan fingerprint density at radius 2 is 2.14 bits per heavy atom. The lowest BCUT2D eigenvalue weighted by atomic mass is 10.1. The van der Waals surface area contributed by atoms with Crippen LogP contribution in [0.15, 0.2) is 18.2 Å². The molecule has 1 aromatic carbocycles. The Balaban J connectivity index is 2.03. The van der Waals surface area contributed by atoms with E-state index in [0.717, 1.165) is 12.0 Å². The monoisotopic (exact) mass is 290 g/mol.